The zero-order chi connectivity index (χ0) is 21.0. The maximum absolute atomic E-state index is 12.9. The van der Waals surface area contributed by atoms with E-state index in [1.54, 1.807) is 6.20 Å². The fraction of sp³-hybridized carbons (Fsp3) is 0.478. The molecule has 2 aromatic rings. The molecular formula is C23H29N5O3. The molecule has 2 saturated heterocycles. The predicted octanol–water partition coefficient (Wildman–Crippen LogP) is 2.80. The molecule has 0 bridgehead atoms. The van der Waals surface area contributed by atoms with Crippen molar-refractivity contribution in [1.29, 1.82) is 0 Å². The number of rotatable bonds is 4. The minimum atomic E-state index is -0.0487. The summed E-state index contributed by atoms with van der Waals surface area (Å²) in [7, 11) is 0. The van der Waals surface area contributed by atoms with Gasteiger partial charge in [0.1, 0.15) is 13.2 Å². The van der Waals surface area contributed by atoms with E-state index >= 15 is 0 Å². The summed E-state index contributed by atoms with van der Waals surface area (Å²) in [4.78, 5) is 23.9. The molecule has 31 heavy (non-hydrogen) atoms. The molecule has 3 aliphatic heterocycles. The van der Waals surface area contributed by atoms with Gasteiger partial charge in [0.2, 0.25) is 0 Å². The molecule has 1 aromatic heterocycles. The second-order valence-corrected chi connectivity index (χ2v) is 8.24. The summed E-state index contributed by atoms with van der Waals surface area (Å²) in [5.41, 5.74) is 2.00. The third-order valence-corrected chi connectivity index (χ3v) is 6.11. The third-order valence-electron chi connectivity index (χ3n) is 6.11. The highest BCUT2D eigenvalue weighted by Crippen LogP contribution is 2.31. The first-order valence-corrected chi connectivity index (χ1v) is 11.1. The topological polar surface area (TPSA) is 70.2 Å². The van der Waals surface area contributed by atoms with E-state index in [1.165, 1.54) is 18.4 Å². The van der Waals surface area contributed by atoms with Gasteiger partial charge >= 0.3 is 6.03 Å². The van der Waals surface area contributed by atoms with Gasteiger partial charge in [-0.3, -0.25) is 4.90 Å². The van der Waals surface area contributed by atoms with Crippen LogP contribution in [0.1, 0.15) is 18.4 Å². The zero-order valence-electron chi connectivity index (χ0n) is 17.8. The maximum atomic E-state index is 12.9. The number of anilines is 2. The van der Waals surface area contributed by atoms with Crippen molar-refractivity contribution < 1.29 is 14.3 Å². The van der Waals surface area contributed by atoms with Gasteiger partial charge in [-0.2, -0.15) is 0 Å². The minimum Gasteiger partial charge on any atom is -0.486 e. The molecule has 0 unspecified atom stereocenters. The molecule has 1 N–H and O–H groups in total. The Labute approximate surface area is 182 Å². The van der Waals surface area contributed by atoms with Crippen LogP contribution in [0.25, 0.3) is 0 Å². The lowest BCUT2D eigenvalue weighted by Gasteiger charge is -2.35. The van der Waals surface area contributed by atoms with E-state index in [4.69, 9.17) is 9.47 Å². The van der Waals surface area contributed by atoms with Gasteiger partial charge in [-0.1, -0.05) is 6.07 Å². The van der Waals surface area contributed by atoms with Crippen LogP contribution in [-0.2, 0) is 6.54 Å². The molecule has 0 radical (unpaired) electrons. The Morgan fingerprint density at radius 3 is 2.55 bits per heavy atom. The molecular weight excluding hydrogens is 394 g/mol. The van der Waals surface area contributed by atoms with Gasteiger partial charge in [-0.25, -0.2) is 9.78 Å². The molecule has 0 saturated carbocycles. The number of hydrogen-bond donors (Lipinski definition) is 1. The quantitative estimate of drug-likeness (QED) is 0.816. The van der Waals surface area contributed by atoms with Crippen molar-refractivity contribution in [3.8, 4) is 11.5 Å². The van der Waals surface area contributed by atoms with Crippen LogP contribution in [0.2, 0.25) is 0 Å². The molecule has 0 spiro atoms. The lowest BCUT2D eigenvalue weighted by Crippen LogP contribution is -2.49. The highest BCUT2D eigenvalue weighted by Gasteiger charge is 2.24. The van der Waals surface area contributed by atoms with Crippen LogP contribution in [0.3, 0.4) is 0 Å². The Hall–Kier alpha value is -3.00. The number of nitrogens with zero attached hydrogens (tertiary/aromatic N) is 4. The lowest BCUT2D eigenvalue weighted by atomic mass is 10.1. The molecule has 5 rings (SSSR count). The Morgan fingerprint density at radius 2 is 1.74 bits per heavy atom. The highest BCUT2D eigenvalue weighted by molar-refractivity contribution is 5.92. The number of ether oxygens (including phenoxy) is 2. The molecule has 2 amide bonds. The molecule has 164 valence electrons. The van der Waals surface area contributed by atoms with E-state index in [0.29, 0.717) is 26.3 Å². The Balaban J connectivity index is 1.15. The Bertz CT molecular complexity index is 923. The lowest BCUT2D eigenvalue weighted by molar-refractivity contribution is 0.142. The van der Waals surface area contributed by atoms with Crippen molar-refractivity contribution in [2.24, 2.45) is 0 Å². The van der Waals surface area contributed by atoms with Crippen LogP contribution in [0.15, 0.2) is 36.5 Å². The SMILES string of the molecule is O=C(Nc1cccnc1N1CCCC1)N1CCN(Cc2ccc3c(c2)OCCO3)CC1. The number of piperazine rings is 1. The summed E-state index contributed by atoms with van der Waals surface area (Å²) in [6.07, 6.45) is 4.14. The van der Waals surface area contributed by atoms with Gasteiger partial charge in [-0.15, -0.1) is 0 Å². The molecule has 1 aromatic carbocycles. The first-order valence-electron chi connectivity index (χ1n) is 11.1. The predicted molar refractivity (Wildman–Crippen MR) is 119 cm³/mol. The van der Waals surface area contributed by atoms with Gasteiger partial charge in [0.25, 0.3) is 0 Å². The van der Waals surface area contributed by atoms with Crippen molar-refractivity contribution in [3.05, 3.63) is 42.1 Å². The third kappa shape index (κ3) is 4.54. The fourth-order valence-corrected chi connectivity index (χ4v) is 4.42. The standard InChI is InChI=1S/C23H29N5O3/c29-23(25-19-4-3-7-24-22(19)27-8-1-2-9-27)28-12-10-26(11-13-28)17-18-5-6-20-21(16-18)31-15-14-30-20/h3-7,16H,1-2,8-15,17H2,(H,25,29). The van der Waals surface area contributed by atoms with Gasteiger partial charge in [0.15, 0.2) is 17.3 Å². The first kappa shape index (κ1) is 19.9. The van der Waals surface area contributed by atoms with Gasteiger partial charge in [-0.05, 0) is 42.7 Å². The number of aromatic nitrogens is 1. The van der Waals surface area contributed by atoms with Crippen molar-refractivity contribution in [2.75, 3.05) is 62.7 Å². The summed E-state index contributed by atoms with van der Waals surface area (Å²) in [6.45, 7) is 7.13. The number of benzene rings is 1. The van der Waals surface area contributed by atoms with E-state index in [-0.39, 0.29) is 6.03 Å². The summed E-state index contributed by atoms with van der Waals surface area (Å²) in [6, 6.07) is 9.91. The highest BCUT2D eigenvalue weighted by atomic mass is 16.6. The van der Waals surface area contributed by atoms with E-state index in [1.807, 2.05) is 23.1 Å². The van der Waals surface area contributed by atoms with Crippen molar-refractivity contribution in [3.63, 3.8) is 0 Å². The molecule has 4 heterocycles. The van der Waals surface area contributed by atoms with Crippen LogP contribution in [-0.4, -0.2) is 73.3 Å². The van der Waals surface area contributed by atoms with E-state index < -0.39 is 0 Å². The smallest absolute Gasteiger partial charge is 0.322 e. The monoisotopic (exact) mass is 423 g/mol. The van der Waals surface area contributed by atoms with Gasteiger partial charge < -0.3 is 24.6 Å². The molecule has 0 aliphatic carbocycles. The number of pyridine rings is 1. The van der Waals surface area contributed by atoms with Crippen LogP contribution in [0.5, 0.6) is 11.5 Å². The van der Waals surface area contributed by atoms with Crippen molar-refractivity contribution >= 4 is 17.5 Å². The molecule has 8 heteroatoms. The number of carbonyl (C=O) groups excluding carboxylic acids is 1. The summed E-state index contributed by atoms with van der Waals surface area (Å²) >= 11 is 0. The summed E-state index contributed by atoms with van der Waals surface area (Å²) in [5, 5.41) is 3.09. The van der Waals surface area contributed by atoms with Gasteiger partial charge in [0.05, 0.1) is 5.69 Å². The number of hydrogen-bond acceptors (Lipinski definition) is 6. The van der Waals surface area contributed by atoms with Crippen molar-refractivity contribution in [2.45, 2.75) is 19.4 Å². The van der Waals surface area contributed by atoms with E-state index in [2.05, 4.69) is 32.2 Å². The number of carbonyl (C=O) groups is 1. The number of fused-ring (bicyclic) bond motifs is 1. The summed E-state index contributed by atoms with van der Waals surface area (Å²) < 4.78 is 11.3. The second kappa shape index (κ2) is 9.01. The average molecular weight is 424 g/mol. The van der Waals surface area contributed by atoms with Crippen LogP contribution >= 0.6 is 0 Å². The second-order valence-electron chi connectivity index (χ2n) is 8.24. The molecule has 8 nitrogen and oxygen atoms in total. The molecule has 0 atom stereocenters. The first-order chi connectivity index (χ1) is 15.3. The minimum absolute atomic E-state index is 0.0487. The van der Waals surface area contributed by atoms with Crippen LogP contribution in [0, 0.1) is 0 Å². The van der Waals surface area contributed by atoms with E-state index in [9.17, 15) is 4.79 Å². The van der Waals surface area contributed by atoms with Gasteiger partial charge in [0, 0.05) is 52.0 Å². The molecule has 3 aliphatic rings. The number of amides is 2. The largest absolute Gasteiger partial charge is 0.486 e. The zero-order valence-corrected chi connectivity index (χ0v) is 17.8. The molecule has 2 fully saturated rings. The van der Waals surface area contributed by atoms with Crippen LogP contribution < -0.4 is 19.7 Å². The average Bonchev–Trinajstić information content (AvgIpc) is 3.35. The number of nitrogens with one attached hydrogen (secondary N) is 1. The van der Waals surface area contributed by atoms with Crippen LogP contribution in [0.4, 0.5) is 16.3 Å². The van der Waals surface area contributed by atoms with Crippen molar-refractivity contribution in [1.82, 2.24) is 14.8 Å². The van der Waals surface area contributed by atoms with E-state index in [0.717, 1.165) is 55.7 Å². The Kier molecular flexibility index (Phi) is 5.80. The normalized spacial score (nSPS) is 18.8. The Morgan fingerprint density at radius 1 is 0.968 bits per heavy atom. The maximum Gasteiger partial charge on any atom is 0.322 e. The summed E-state index contributed by atoms with van der Waals surface area (Å²) in [5.74, 6) is 2.53. The number of urea groups is 1. The fourth-order valence-electron chi connectivity index (χ4n) is 4.42.